The van der Waals surface area contributed by atoms with E-state index < -0.39 is 64.6 Å². The van der Waals surface area contributed by atoms with E-state index in [0.717, 1.165) is 6.92 Å². The Morgan fingerprint density at radius 3 is 1.97 bits per heavy atom. The molecular formula is C21H34Cl3NO8Si. The number of rotatable bonds is 7. The van der Waals surface area contributed by atoms with E-state index in [1.807, 2.05) is 33.9 Å². The first-order valence-electron chi connectivity index (χ1n) is 10.7. The number of esters is 2. The van der Waals surface area contributed by atoms with E-state index in [2.05, 4.69) is 0 Å². The Kier molecular flexibility index (Phi) is 10.1. The number of Topliss-reactive ketones (excluding diaryl/α,β-unsaturated/α-hetero) is 1. The summed E-state index contributed by atoms with van der Waals surface area (Å²) >= 11 is 17.3. The van der Waals surface area contributed by atoms with E-state index in [0.29, 0.717) is 0 Å². The first kappa shape index (κ1) is 31.1. The van der Waals surface area contributed by atoms with Gasteiger partial charge in [0.1, 0.15) is 19.1 Å². The van der Waals surface area contributed by atoms with Crippen LogP contribution in [0.4, 0.5) is 0 Å². The fourth-order valence-electron chi connectivity index (χ4n) is 3.65. The monoisotopic (exact) mass is 561 g/mol. The van der Waals surface area contributed by atoms with Crippen molar-refractivity contribution in [3.05, 3.63) is 0 Å². The normalized spacial score (nSPS) is 28.1. The molecule has 34 heavy (non-hydrogen) atoms. The Balaban J connectivity index is 3.64. The van der Waals surface area contributed by atoms with Crippen molar-refractivity contribution in [2.75, 3.05) is 0 Å². The zero-order chi connectivity index (χ0) is 26.9. The van der Waals surface area contributed by atoms with Crippen LogP contribution in [0, 0.1) is 5.41 Å². The minimum Gasteiger partial charge on any atom is -0.457 e. The average Bonchev–Trinajstić information content (AvgIpc) is 2.64. The second kappa shape index (κ2) is 11.0. The van der Waals surface area contributed by atoms with Crippen LogP contribution in [0.5, 0.6) is 0 Å². The first-order chi connectivity index (χ1) is 15.2. The highest BCUT2D eigenvalue weighted by molar-refractivity contribution is 6.83. The van der Waals surface area contributed by atoms with Crippen molar-refractivity contribution >= 4 is 66.5 Å². The van der Waals surface area contributed by atoms with E-state index in [1.54, 1.807) is 6.92 Å². The van der Waals surface area contributed by atoms with Crippen LogP contribution >= 0.6 is 34.8 Å². The summed E-state index contributed by atoms with van der Waals surface area (Å²) in [7, 11) is -3.01. The molecule has 0 amide bonds. The maximum atomic E-state index is 12.6. The summed E-state index contributed by atoms with van der Waals surface area (Å²) < 4.78 is 20.2. The summed E-state index contributed by atoms with van der Waals surface area (Å²) in [6, 6.07) is 0. The second-order valence-electron chi connectivity index (χ2n) is 10.00. The fraction of sp³-hybridized carbons (Fsp3) is 0.810. The fourth-order valence-corrected chi connectivity index (χ4v) is 6.90. The summed E-state index contributed by atoms with van der Waals surface area (Å²) in [5, 5.41) is 17.9. The Morgan fingerprint density at radius 1 is 1.03 bits per heavy atom. The minimum atomic E-state index is -3.01. The lowest BCUT2D eigenvalue weighted by molar-refractivity contribution is -0.296. The van der Waals surface area contributed by atoms with Gasteiger partial charge < -0.3 is 28.8 Å². The van der Waals surface area contributed by atoms with Gasteiger partial charge in [-0.05, 0) is 18.9 Å². The van der Waals surface area contributed by atoms with E-state index in [-0.39, 0.29) is 18.6 Å². The molecule has 1 heterocycles. The zero-order valence-corrected chi connectivity index (χ0v) is 23.9. The van der Waals surface area contributed by atoms with Crippen LogP contribution in [0.3, 0.4) is 0 Å². The topological polar surface area (TPSA) is 132 Å². The Hall–Kier alpha value is -0.913. The minimum absolute atomic E-state index is 0.0289. The number of hydrogen-bond acceptors (Lipinski definition) is 9. The Bertz CT molecular complexity index is 811. The number of halogens is 3. The maximum absolute atomic E-state index is 12.6. The maximum Gasteiger partial charge on any atom is 0.306 e. The molecule has 1 aliphatic heterocycles. The molecule has 1 aliphatic rings. The lowest BCUT2D eigenvalue weighted by Gasteiger charge is -2.58. The molecule has 0 aromatic carbocycles. The molecular weight excluding hydrogens is 529 g/mol. The van der Waals surface area contributed by atoms with Crippen molar-refractivity contribution in [2.45, 2.75) is 106 Å². The number of aliphatic hydroxyl groups is 1. The molecule has 0 spiro atoms. The van der Waals surface area contributed by atoms with Crippen molar-refractivity contribution in [3.8, 4) is 0 Å². The van der Waals surface area contributed by atoms with Gasteiger partial charge in [0, 0.05) is 13.3 Å². The van der Waals surface area contributed by atoms with E-state index in [4.69, 9.17) is 59.2 Å². The number of ether oxygens (including phenoxy) is 4. The third-order valence-electron chi connectivity index (χ3n) is 6.49. The molecule has 0 unspecified atom stereocenters. The van der Waals surface area contributed by atoms with E-state index >= 15 is 0 Å². The number of hydrogen-bond donors (Lipinski definition) is 2. The van der Waals surface area contributed by atoms with Gasteiger partial charge in [0.25, 0.3) is 3.79 Å². The van der Waals surface area contributed by atoms with Gasteiger partial charge in [0.2, 0.25) is 12.2 Å². The lowest BCUT2D eigenvalue weighted by atomic mass is 9.97. The summed E-state index contributed by atoms with van der Waals surface area (Å²) in [6.45, 7) is 13.5. The summed E-state index contributed by atoms with van der Waals surface area (Å²) in [5.41, 5.74) is 0. The second-order valence-corrected chi connectivity index (χ2v) is 17.8. The highest BCUT2D eigenvalue weighted by Crippen LogP contribution is 2.50. The summed E-state index contributed by atoms with van der Waals surface area (Å²) in [6.07, 6.45) is -5.53. The van der Waals surface area contributed by atoms with Gasteiger partial charge in [-0.25, -0.2) is 0 Å². The van der Waals surface area contributed by atoms with Crippen LogP contribution in [-0.2, 0) is 33.3 Å². The van der Waals surface area contributed by atoms with Crippen LogP contribution in [0.2, 0.25) is 18.1 Å². The predicted molar refractivity (Wildman–Crippen MR) is 131 cm³/mol. The van der Waals surface area contributed by atoms with Crippen LogP contribution in [0.25, 0.3) is 0 Å². The highest BCUT2D eigenvalue weighted by Gasteiger charge is 2.69. The van der Waals surface area contributed by atoms with Crippen molar-refractivity contribution < 1.29 is 38.4 Å². The van der Waals surface area contributed by atoms with Crippen LogP contribution < -0.4 is 0 Å². The van der Waals surface area contributed by atoms with Crippen molar-refractivity contribution in [1.29, 1.82) is 5.41 Å². The molecule has 0 aliphatic carbocycles. The van der Waals surface area contributed by atoms with Gasteiger partial charge in [0.15, 0.2) is 12.2 Å². The number of carbonyl (C=O) groups is 3. The van der Waals surface area contributed by atoms with Gasteiger partial charge in [-0.3, -0.25) is 15.0 Å². The lowest BCUT2D eigenvalue weighted by Crippen LogP contribution is -2.79. The Morgan fingerprint density at radius 2 is 1.56 bits per heavy atom. The number of carbonyl (C=O) groups excluding carboxylic acids is 3. The van der Waals surface area contributed by atoms with Gasteiger partial charge >= 0.3 is 11.9 Å². The van der Waals surface area contributed by atoms with Crippen LogP contribution in [0.1, 0.15) is 54.4 Å². The van der Waals surface area contributed by atoms with Crippen LogP contribution in [-0.4, -0.2) is 70.4 Å². The molecule has 9 nitrogen and oxygen atoms in total. The molecule has 13 heteroatoms. The molecule has 0 bridgehead atoms. The number of ketones is 1. The molecule has 0 aromatic heterocycles. The van der Waals surface area contributed by atoms with Gasteiger partial charge in [-0.1, -0.05) is 68.7 Å². The third-order valence-corrected chi connectivity index (χ3v) is 13.3. The van der Waals surface area contributed by atoms with Crippen molar-refractivity contribution in [1.82, 2.24) is 0 Å². The van der Waals surface area contributed by atoms with E-state index in [9.17, 15) is 19.5 Å². The molecule has 5 atom stereocenters. The van der Waals surface area contributed by atoms with Crippen molar-refractivity contribution in [3.63, 3.8) is 0 Å². The predicted octanol–water partition coefficient (Wildman–Crippen LogP) is 4.09. The molecule has 0 radical (unpaired) electrons. The highest BCUT2D eigenvalue weighted by atomic mass is 35.6. The molecule has 0 aromatic rings. The number of nitrogens with one attached hydrogen (secondary N) is 1. The van der Waals surface area contributed by atoms with Gasteiger partial charge in [0.05, 0.1) is 12.5 Å². The average molecular weight is 563 g/mol. The third kappa shape index (κ3) is 6.85. The standard InChI is InChI=1S/C21H34Cl3NO8Si/c1-11(26)9-10-14(28)32-15-12(2)30-17(33-18(25)21(22,23)24)16(31-13(3)27)20(15,29)34(7,8)19(4,5)6/h12,15-17,25,29H,9-10H2,1-8H3/t12-,15-,16-,17-,20-/m0/s1. The Labute approximate surface area is 216 Å². The molecule has 2 N–H and O–H groups in total. The van der Waals surface area contributed by atoms with Crippen molar-refractivity contribution in [2.24, 2.45) is 0 Å². The summed E-state index contributed by atoms with van der Waals surface area (Å²) in [5.74, 6) is -2.49. The molecule has 1 saturated heterocycles. The van der Waals surface area contributed by atoms with Crippen LogP contribution in [0.15, 0.2) is 0 Å². The zero-order valence-electron chi connectivity index (χ0n) is 20.7. The largest absolute Gasteiger partial charge is 0.457 e. The van der Waals surface area contributed by atoms with Gasteiger partial charge in [-0.15, -0.1) is 0 Å². The van der Waals surface area contributed by atoms with Gasteiger partial charge in [-0.2, -0.15) is 0 Å². The molecule has 1 fully saturated rings. The smallest absolute Gasteiger partial charge is 0.306 e. The van der Waals surface area contributed by atoms with E-state index in [1.165, 1.54) is 6.92 Å². The summed E-state index contributed by atoms with van der Waals surface area (Å²) in [4.78, 5) is 36.0. The molecule has 0 saturated carbocycles. The molecule has 1 rings (SSSR count). The first-order valence-corrected chi connectivity index (χ1v) is 14.9. The quantitative estimate of drug-likeness (QED) is 0.156. The molecule has 196 valence electrons. The number of alkyl halides is 3. The SMILES string of the molecule is CC(=O)CCC(=O)O[C@H]1[C@H](C)O[C@@H](OC(=N)C(Cl)(Cl)Cl)[C@H](OC(C)=O)[C@@]1(O)[Si](C)(C)C(C)(C)C.